The van der Waals surface area contributed by atoms with Crippen LogP contribution >= 0.6 is 0 Å². The van der Waals surface area contributed by atoms with E-state index in [1.165, 1.54) is 12.1 Å². The topological polar surface area (TPSA) is 88.1 Å². The van der Waals surface area contributed by atoms with E-state index in [0.717, 1.165) is 29.8 Å². The maximum atomic E-state index is 13.2. The number of carbonyl (C=O) groups excluding carboxylic acids is 2. The average Bonchev–Trinajstić information content (AvgIpc) is 3.47. The number of urea groups is 1. The highest BCUT2D eigenvalue weighted by Crippen LogP contribution is 2.22. The molecule has 31 heavy (non-hydrogen) atoms. The molecule has 0 bridgehead atoms. The lowest BCUT2D eigenvalue weighted by molar-refractivity contribution is 0.0940. The van der Waals surface area contributed by atoms with Gasteiger partial charge in [0.1, 0.15) is 5.82 Å². The van der Waals surface area contributed by atoms with Crippen LogP contribution in [0.4, 0.5) is 14.9 Å². The molecule has 8 heteroatoms. The molecule has 1 aliphatic carbocycles. The third kappa shape index (κ3) is 4.91. The summed E-state index contributed by atoms with van der Waals surface area (Å²) < 4.78 is 14.9. The molecule has 2 aromatic carbocycles. The van der Waals surface area contributed by atoms with Crippen molar-refractivity contribution in [2.75, 3.05) is 5.32 Å². The molecular weight excluding hydrogens is 397 g/mol. The Bertz CT molecular complexity index is 1110. The van der Waals surface area contributed by atoms with Gasteiger partial charge < -0.3 is 16.0 Å². The highest BCUT2D eigenvalue weighted by Gasteiger charge is 2.23. The number of aromatic nitrogens is 2. The Balaban J connectivity index is 1.43. The minimum Gasteiger partial charge on any atom is -0.345 e. The molecule has 0 radical (unpaired) electrons. The van der Waals surface area contributed by atoms with Crippen LogP contribution in [-0.4, -0.2) is 27.8 Å². The van der Waals surface area contributed by atoms with Crippen LogP contribution in [0.25, 0.3) is 5.69 Å². The summed E-state index contributed by atoms with van der Waals surface area (Å²) >= 11 is 0. The lowest BCUT2D eigenvalue weighted by Gasteiger charge is -2.15. The number of halogens is 1. The lowest BCUT2D eigenvalue weighted by atomic mass is 10.1. The largest absolute Gasteiger partial charge is 0.345 e. The molecule has 0 aliphatic heterocycles. The Kier molecular flexibility index (Phi) is 5.70. The minimum atomic E-state index is -0.309. The summed E-state index contributed by atoms with van der Waals surface area (Å²) in [6.45, 7) is 3.78. The molecule has 1 heterocycles. The molecule has 0 spiro atoms. The molecule has 3 aromatic rings. The summed E-state index contributed by atoms with van der Waals surface area (Å²) in [7, 11) is 0. The van der Waals surface area contributed by atoms with Gasteiger partial charge in [-0.2, -0.15) is 5.10 Å². The van der Waals surface area contributed by atoms with Crippen LogP contribution in [0.2, 0.25) is 0 Å². The Morgan fingerprint density at radius 3 is 2.61 bits per heavy atom. The zero-order valence-corrected chi connectivity index (χ0v) is 17.4. The van der Waals surface area contributed by atoms with E-state index in [9.17, 15) is 14.0 Å². The number of anilines is 1. The van der Waals surface area contributed by atoms with Gasteiger partial charge in [-0.1, -0.05) is 6.07 Å². The first-order valence-electron chi connectivity index (χ1n) is 10.2. The summed E-state index contributed by atoms with van der Waals surface area (Å²) in [5.41, 5.74) is 3.45. The van der Waals surface area contributed by atoms with Crippen molar-refractivity contribution in [1.82, 2.24) is 20.4 Å². The SMILES string of the molecule is Cc1c(C(C)NC(=O)c2cccc(NC(=O)NC3CC3)c2)cnn1-c1ccc(F)cc1. The average molecular weight is 421 g/mol. The van der Waals surface area contributed by atoms with Crippen molar-refractivity contribution in [2.45, 2.75) is 38.8 Å². The molecule has 1 aromatic heterocycles. The zero-order chi connectivity index (χ0) is 22.0. The first kappa shape index (κ1) is 20.6. The molecule has 160 valence electrons. The fourth-order valence-corrected chi connectivity index (χ4v) is 3.37. The fourth-order valence-electron chi connectivity index (χ4n) is 3.37. The monoisotopic (exact) mass is 421 g/mol. The highest BCUT2D eigenvalue weighted by atomic mass is 19.1. The highest BCUT2D eigenvalue weighted by molar-refractivity contribution is 5.97. The fraction of sp³-hybridized carbons (Fsp3) is 0.261. The molecule has 1 fully saturated rings. The van der Waals surface area contributed by atoms with Gasteiger partial charge in [-0.15, -0.1) is 0 Å². The van der Waals surface area contributed by atoms with Crippen LogP contribution < -0.4 is 16.0 Å². The predicted octanol–water partition coefficient (Wildman–Crippen LogP) is 4.09. The first-order chi connectivity index (χ1) is 14.9. The Morgan fingerprint density at radius 1 is 1.16 bits per heavy atom. The molecule has 3 amide bonds. The number of carbonyl (C=O) groups is 2. The van der Waals surface area contributed by atoms with Crippen molar-refractivity contribution in [3.63, 3.8) is 0 Å². The van der Waals surface area contributed by atoms with Gasteiger partial charge in [-0.05, 0) is 69.2 Å². The van der Waals surface area contributed by atoms with E-state index in [2.05, 4.69) is 21.0 Å². The molecule has 7 nitrogen and oxygen atoms in total. The van der Waals surface area contributed by atoms with Gasteiger partial charge in [0, 0.05) is 28.6 Å². The number of nitrogens with one attached hydrogen (secondary N) is 3. The Hall–Kier alpha value is -3.68. The van der Waals surface area contributed by atoms with Crippen molar-refractivity contribution in [2.24, 2.45) is 0 Å². The second-order valence-electron chi connectivity index (χ2n) is 7.72. The Morgan fingerprint density at radius 2 is 1.90 bits per heavy atom. The van der Waals surface area contributed by atoms with Crippen LogP contribution in [-0.2, 0) is 0 Å². The molecule has 1 atom stereocenters. The molecule has 4 rings (SSSR count). The molecule has 0 saturated heterocycles. The molecular formula is C23H24FN5O2. The van der Waals surface area contributed by atoms with Crippen molar-refractivity contribution in [3.05, 3.63) is 77.4 Å². The van der Waals surface area contributed by atoms with Gasteiger partial charge in [0.2, 0.25) is 0 Å². The number of hydrogen-bond donors (Lipinski definition) is 3. The van der Waals surface area contributed by atoms with Gasteiger partial charge in [0.15, 0.2) is 0 Å². The van der Waals surface area contributed by atoms with Crippen LogP contribution in [0.5, 0.6) is 0 Å². The summed E-state index contributed by atoms with van der Waals surface area (Å²) in [5.74, 6) is -0.566. The number of amides is 3. The van der Waals surface area contributed by atoms with Crippen LogP contribution in [0.1, 0.15) is 47.4 Å². The van der Waals surface area contributed by atoms with E-state index >= 15 is 0 Å². The van der Waals surface area contributed by atoms with Crippen molar-refractivity contribution >= 4 is 17.6 Å². The second kappa shape index (κ2) is 8.59. The summed E-state index contributed by atoms with van der Waals surface area (Å²) in [4.78, 5) is 24.7. The van der Waals surface area contributed by atoms with Crippen molar-refractivity contribution in [1.29, 1.82) is 0 Å². The predicted molar refractivity (Wildman–Crippen MR) is 116 cm³/mol. The van der Waals surface area contributed by atoms with E-state index < -0.39 is 0 Å². The molecule has 1 unspecified atom stereocenters. The van der Waals surface area contributed by atoms with Gasteiger partial charge in [-0.3, -0.25) is 4.79 Å². The molecule has 1 saturated carbocycles. The van der Waals surface area contributed by atoms with Gasteiger partial charge in [-0.25, -0.2) is 13.9 Å². The van der Waals surface area contributed by atoms with Gasteiger partial charge in [0.05, 0.1) is 17.9 Å². The number of nitrogens with zero attached hydrogens (tertiary/aromatic N) is 2. The number of benzene rings is 2. The van der Waals surface area contributed by atoms with E-state index in [-0.39, 0.29) is 29.8 Å². The smallest absolute Gasteiger partial charge is 0.319 e. The van der Waals surface area contributed by atoms with Crippen LogP contribution in [0.15, 0.2) is 54.7 Å². The summed E-state index contributed by atoms with van der Waals surface area (Å²) in [6.07, 6.45) is 3.71. The number of rotatable bonds is 6. The maximum absolute atomic E-state index is 13.2. The van der Waals surface area contributed by atoms with E-state index in [4.69, 9.17) is 0 Å². The standard InChI is InChI=1S/C23H24FN5O2/c1-14(21-13-25-29(15(21)2)20-10-6-17(24)7-11-20)26-22(30)16-4-3-5-19(12-16)28-23(31)27-18-8-9-18/h3-7,10-14,18H,8-9H2,1-2H3,(H,26,30)(H2,27,28,31). The van der Waals surface area contributed by atoms with Gasteiger partial charge >= 0.3 is 6.03 Å². The third-order valence-corrected chi connectivity index (χ3v) is 5.23. The molecule has 3 N–H and O–H groups in total. The van der Waals surface area contributed by atoms with E-state index in [0.29, 0.717) is 11.3 Å². The van der Waals surface area contributed by atoms with E-state index in [1.807, 2.05) is 13.8 Å². The quantitative estimate of drug-likeness (QED) is 0.560. The lowest BCUT2D eigenvalue weighted by Crippen LogP contribution is -2.30. The zero-order valence-electron chi connectivity index (χ0n) is 17.4. The molecule has 1 aliphatic rings. The summed E-state index contributed by atoms with van der Waals surface area (Å²) in [6, 6.07) is 12.6. The first-order valence-corrected chi connectivity index (χ1v) is 10.2. The van der Waals surface area contributed by atoms with Crippen molar-refractivity contribution < 1.29 is 14.0 Å². The normalized spacial score (nSPS) is 14.0. The third-order valence-electron chi connectivity index (χ3n) is 5.23. The Labute approximate surface area is 179 Å². The maximum Gasteiger partial charge on any atom is 0.319 e. The second-order valence-corrected chi connectivity index (χ2v) is 7.72. The van der Waals surface area contributed by atoms with E-state index in [1.54, 1.807) is 47.3 Å². The van der Waals surface area contributed by atoms with Crippen LogP contribution in [0, 0.1) is 12.7 Å². The van der Waals surface area contributed by atoms with Gasteiger partial charge in [0.25, 0.3) is 5.91 Å². The minimum absolute atomic E-state index is 0.256. The van der Waals surface area contributed by atoms with Crippen molar-refractivity contribution in [3.8, 4) is 5.69 Å². The summed E-state index contributed by atoms with van der Waals surface area (Å²) in [5, 5.41) is 13.0. The van der Waals surface area contributed by atoms with Crippen LogP contribution in [0.3, 0.4) is 0 Å². The number of hydrogen-bond acceptors (Lipinski definition) is 3.